The molecule has 1 saturated heterocycles. The second-order valence-corrected chi connectivity index (χ2v) is 9.59. The van der Waals surface area contributed by atoms with Gasteiger partial charge in [0, 0.05) is 8.04 Å². The minimum Gasteiger partial charge on any atom is -0.503 e. The van der Waals surface area contributed by atoms with Crippen molar-refractivity contribution in [2.45, 2.75) is 13.5 Å². The summed E-state index contributed by atoms with van der Waals surface area (Å²) < 4.78 is 7.51. The highest BCUT2D eigenvalue weighted by molar-refractivity contribution is 14.1. The Labute approximate surface area is 196 Å². The normalized spacial score (nSPS) is 15.6. The van der Waals surface area contributed by atoms with Gasteiger partial charge in [0.1, 0.15) is 0 Å². The monoisotopic (exact) mass is 637 g/mol. The molecule has 9 heteroatoms. The van der Waals surface area contributed by atoms with E-state index in [1.54, 1.807) is 12.1 Å². The van der Waals surface area contributed by atoms with E-state index < -0.39 is 0 Å². The first-order valence-corrected chi connectivity index (χ1v) is 11.6. The predicted octanol–water partition coefficient (Wildman–Crippen LogP) is 6.16. The summed E-state index contributed by atoms with van der Waals surface area (Å²) in [6.45, 7) is 2.42. The number of thioether (sulfide) groups is 1. The van der Waals surface area contributed by atoms with Gasteiger partial charge in [-0.3, -0.25) is 14.5 Å². The van der Waals surface area contributed by atoms with Crippen molar-refractivity contribution >= 4 is 83.4 Å². The van der Waals surface area contributed by atoms with Gasteiger partial charge < -0.3 is 9.84 Å². The number of hydrogen-bond donors (Lipinski definition) is 1. The van der Waals surface area contributed by atoms with Gasteiger partial charge in [0.15, 0.2) is 11.5 Å². The van der Waals surface area contributed by atoms with Crippen molar-refractivity contribution < 1.29 is 19.4 Å². The van der Waals surface area contributed by atoms with E-state index in [0.29, 0.717) is 31.8 Å². The SMILES string of the molecule is CCOc1cc(/C=C2\SC(=O)N(Cc3ccc(I)cc3)C2=O)c(Br)c(Br)c1O. The second kappa shape index (κ2) is 9.19. The zero-order valence-corrected chi connectivity index (χ0v) is 20.7. The molecule has 1 fully saturated rings. The fourth-order valence-electron chi connectivity index (χ4n) is 2.53. The second-order valence-electron chi connectivity index (χ2n) is 5.77. The number of rotatable bonds is 5. The van der Waals surface area contributed by atoms with Gasteiger partial charge in [-0.25, -0.2) is 0 Å². The molecule has 28 heavy (non-hydrogen) atoms. The van der Waals surface area contributed by atoms with E-state index in [1.165, 1.54) is 4.90 Å². The summed E-state index contributed by atoms with van der Waals surface area (Å²) in [5.74, 6) is -0.0813. The first-order chi connectivity index (χ1) is 13.3. The highest BCUT2D eigenvalue weighted by Crippen LogP contribution is 2.44. The maximum absolute atomic E-state index is 12.8. The molecule has 0 unspecified atom stereocenters. The fraction of sp³-hybridized carbons (Fsp3) is 0.158. The summed E-state index contributed by atoms with van der Waals surface area (Å²) in [5, 5.41) is 9.85. The lowest BCUT2D eigenvalue weighted by Crippen LogP contribution is -2.27. The average molecular weight is 639 g/mol. The van der Waals surface area contributed by atoms with E-state index in [-0.39, 0.29) is 23.4 Å². The highest BCUT2D eigenvalue weighted by Gasteiger charge is 2.35. The van der Waals surface area contributed by atoms with E-state index in [9.17, 15) is 14.7 Å². The van der Waals surface area contributed by atoms with Crippen LogP contribution in [-0.2, 0) is 11.3 Å². The zero-order chi connectivity index (χ0) is 20.4. The molecule has 146 valence electrons. The molecule has 0 saturated carbocycles. The van der Waals surface area contributed by atoms with Crippen LogP contribution in [0.1, 0.15) is 18.1 Å². The molecular weight excluding hydrogens is 625 g/mol. The van der Waals surface area contributed by atoms with Crippen LogP contribution in [-0.4, -0.2) is 27.8 Å². The van der Waals surface area contributed by atoms with E-state index in [1.807, 2.05) is 31.2 Å². The smallest absolute Gasteiger partial charge is 0.293 e. The third-order valence-electron chi connectivity index (χ3n) is 3.89. The zero-order valence-electron chi connectivity index (χ0n) is 14.5. The number of carbonyl (C=O) groups is 2. The molecule has 0 atom stereocenters. The third-order valence-corrected chi connectivity index (χ3v) is 7.67. The number of phenolic OH excluding ortho intramolecular Hbond substituents is 1. The number of halogens is 3. The Hall–Kier alpha value is -1.04. The summed E-state index contributed by atoms with van der Waals surface area (Å²) in [6.07, 6.45) is 1.62. The number of carbonyl (C=O) groups excluding carboxylic acids is 2. The molecule has 0 aliphatic carbocycles. The Morgan fingerprint density at radius 3 is 2.54 bits per heavy atom. The molecule has 2 aromatic carbocycles. The first kappa shape index (κ1) is 21.7. The van der Waals surface area contributed by atoms with Gasteiger partial charge in [-0.2, -0.15) is 0 Å². The van der Waals surface area contributed by atoms with Crippen molar-refractivity contribution in [1.82, 2.24) is 4.90 Å². The number of amides is 2. The fourth-order valence-corrected chi connectivity index (χ4v) is 4.56. The van der Waals surface area contributed by atoms with Crippen LogP contribution >= 0.6 is 66.2 Å². The Kier molecular flexibility index (Phi) is 7.11. The molecule has 0 aromatic heterocycles. The lowest BCUT2D eigenvalue weighted by Gasteiger charge is -2.13. The first-order valence-electron chi connectivity index (χ1n) is 8.15. The van der Waals surface area contributed by atoms with Gasteiger partial charge >= 0.3 is 0 Å². The van der Waals surface area contributed by atoms with Crippen LogP contribution in [0.15, 0.2) is 44.2 Å². The van der Waals surface area contributed by atoms with Crippen molar-refractivity contribution in [1.29, 1.82) is 0 Å². The Bertz CT molecular complexity index is 979. The summed E-state index contributed by atoms with van der Waals surface area (Å²) in [6, 6.07) is 9.30. The summed E-state index contributed by atoms with van der Waals surface area (Å²) >= 11 is 9.82. The van der Waals surface area contributed by atoms with Crippen LogP contribution < -0.4 is 4.74 Å². The van der Waals surface area contributed by atoms with Crippen molar-refractivity contribution in [3.8, 4) is 11.5 Å². The Morgan fingerprint density at radius 2 is 1.89 bits per heavy atom. The summed E-state index contributed by atoms with van der Waals surface area (Å²) in [5.41, 5.74) is 1.50. The van der Waals surface area contributed by atoms with Crippen LogP contribution in [0.5, 0.6) is 11.5 Å². The molecule has 5 nitrogen and oxygen atoms in total. The van der Waals surface area contributed by atoms with E-state index in [2.05, 4.69) is 54.5 Å². The maximum Gasteiger partial charge on any atom is 0.293 e. The van der Waals surface area contributed by atoms with Gasteiger partial charge in [-0.05, 0) is 109 Å². The van der Waals surface area contributed by atoms with E-state index >= 15 is 0 Å². The molecule has 2 amide bonds. The van der Waals surface area contributed by atoms with Crippen LogP contribution in [0.25, 0.3) is 6.08 Å². The standard InChI is InChI=1S/C19H14Br2INO4S/c1-2-27-13-7-11(15(20)16(21)17(13)24)8-14-18(25)23(19(26)28-14)9-10-3-5-12(22)6-4-10/h3-8,24H,2,9H2,1H3/b14-8-. The van der Waals surface area contributed by atoms with Crippen LogP contribution in [0, 0.1) is 3.57 Å². The van der Waals surface area contributed by atoms with Gasteiger partial charge in [-0.15, -0.1) is 0 Å². The number of ether oxygens (including phenoxy) is 1. The molecule has 0 radical (unpaired) electrons. The molecule has 3 rings (SSSR count). The number of nitrogens with zero attached hydrogens (tertiary/aromatic N) is 1. The largest absolute Gasteiger partial charge is 0.503 e. The molecule has 0 spiro atoms. The molecular formula is C19H14Br2INO4S. The topological polar surface area (TPSA) is 66.8 Å². The molecule has 1 heterocycles. The van der Waals surface area contributed by atoms with Crippen LogP contribution in [0.4, 0.5) is 4.79 Å². The highest BCUT2D eigenvalue weighted by atomic mass is 127. The average Bonchev–Trinajstić information content (AvgIpc) is 2.93. The molecule has 0 bridgehead atoms. The number of phenols is 1. The quantitative estimate of drug-likeness (QED) is 0.314. The van der Waals surface area contributed by atoms with E-state index in [4.69, 9.17) is 4.74 Å². The van der Waals surface area contributed by atoms with Gasteiger partial charge in [0.2, 0.25) is 0 Å². The van der Waals surface area contributed by atoms with Gasteiger partial charge in [-0.1, -0.05) is 12.1 Å². The van der Waals surface area contributed by atoms with Crippen LogP contribution in [0.2, 0.25) is 0 Å². The number of imide groups is 1. The van der Waals surface area contributed by atoms with Gasteiger partial charge in [0.25, 0.3) is 11.1 Å². The maximum atomic E-state index is 12.8. The van der Waals surface area contributed by atoms with Crippen LogP contribution in [0.3, 0.4) is 0 Å². The van der Waals surface area contributed by atoms with E-state index in [0.717, 1.165) is 20.9 Å². The molecule has 1 aliphatic heterocycles. The summed E-state index contributed by atoms with van der Waals surface area (Å²) in [4.78, 5) is 26.7. The number of aromatic hydroxyl groups is 1. The van der Waals surface area contributed by atoms with Crippen molar-refractivity contribution in [3.63, 3.8) is 0 Å². The lowest BCUT2D eigenvalue weighted by atomic mass is 10.1. The Balaban J connectivity index is 1.90. The molecule has 1 aliphatic rings. The van der Waals surface area contributed by atoms with Crippen molar-refractivity contribution in [3.05, 3.63) is 58.9 Å². The van der Waals surface area contributed by atoms with Crippen molar-refractivity contribution in [2.24, 2.45) is 0 Å². The Morgan fingerprint density at radius 1 is 1.21 bits per heavy atom. The van der Waals surface area contributed by atoms with Crippen molar-refractivity contribution in [2.75, 3.05) is 6.61 Å². The minimum absolute atomic E-state index is 0.0299. The lowest BCUT2D eigenvalue weighted by molar-refractivity contribution is -0.123. The summed E-state index contributed by atoms with van der Waals surface area (Å²) in [7, 11) is 0. The van der Waals surface area contributed by atoms with Gasteiger partial charge in [0.05, 0.1) is 22.5 Å². The third kappa shape index (κ3) is 4.58. The molecule has 2 aromatic rings. The number of benzene rings is 2. The minimum atomic E-state index is -0.345. The number of hydrogen-bond acceptors (Lipinski definition) is 5. The molecule has 1 N–H and O–H groups in total. The predicted molar refractivity (Wildman–Crippen MR) is 125 cm³/mol.